The van der Waals surface area contributed by atoms with Gasteiger partial charge in [-0.05, 0) is 25.0 Å². The van der Waals surface area contributed by atoms with Gasteiger partial charge in [0.15, 0.2) is 0 Å². The summed E-state index contributed by atoms with van der Waals surface area (Å²) in [5.41, 5.74) is 5.98. The number of phenolic OH excluding ortho intramolecular Hbond substituents is 1. The molecule has 0 radical (unpaired) electrons. The van der Waals surface area contributed by atoms with E-state index in [1.165, 1.54) is 0 Å². The van der Waals surface area contributed by atoms with Crippen molar-refractivity contribution in [3.63, 3.8) is 0 Å². The Bertz CT molecular complexity index is 335. The van der Waals surface area contributed by atoms with E-state index in [-0.39, 0.29) is 11.9 Å². The molecule has 4 nitrogen and oxygen atoms in total. The van der Waals surface area contributed by atoms with Gasteiger partial charge in [0.2, 0.25) is 0 Å². The topological polar surface area (TPSA) is 64.7 Å². The Kier molecular flexibility index (Phi) is 2.97. The van der Waals surface area contributed by atoms with E-state index >= 15 is 0 Å². The SMILES string of the molecule is Nc1c(O)cccc1OC1CCCOC1. The molecule has 4 heteroatoms. The monoisotopic (exact) mass is 209 g/mol. The van der Waals surface area contributed by atoms with Gasteiger partial charge in [0, 0.05) is 6.61 Å². The standard InChI is InChI=1S/C11H15NO3/c12-11-9(13)4-1-5-10(11)15-8-3-2-6-14-7-8/h1,4-5,8,13H,2-3,6-7,12H2. The van der Waals surface area contributed by atoms with Gasteiger partial charge in [-0.1, -0.05) is 6.07 Å². The minimum Gasteiger partial charge on any atom is -0.506 e. The average molecular weight is 209 g/mol. The van der Waals surface area contributed by atoms with Crippen molar-refractivity contribution in [2.75, 3.05) is 18.9 Å². The number of nitrogens with two attached hydrogens (primary N) is 1. The van der Waals surface area contributed by atoms with Crippen molar-refractivity contribution in [2.24, 2.45) is 0 Å². The Morgan fingerprint density at radius 1 is 1.47 bits per heavy atom. The molecule has 0 spiro atoms. The largest absolute Gasteiger partial charge is 0.506 e. The van der Waals surface area contributed by atoms with E-state index in [2.05, 4.69) is 0 Å². The summed E-state index contributed by atoms with van der Waals surface area (Å²) in [7, 11) is 0. The zero-order valence-corrected chi connectivity index (χ0v) is 8.48. The maximum atomic E-state index is 9.39. The van der Waals surface area contributed by atoms with Crippen LogP contribution in [0.15, 0.2) is 18.2 Å². The molecule has 1 aromatic carbocycles. The zero-order valence-electron chi connectivity index (χ0n) is 8.48. The van der Waals surface area contributed by atoms with Gasteiger partial charge in [-0.3, -0.25) is 0 Å². The average Bonchev–Trinajstić information content (AvgIpc) is 2.26. The van der Waals surface area contributed by atoms with E-state index in [1.807, 2.05) is 0 Å². The van der Waals surface area contributed by atoms with E-state index in [9.17, 15) is 5.11 Å². The molecule has 3 N–H and O–H groups in total. The number of anilines is 1. The highest BCUT2D eigenvalue weighted by Crippen LogP contribution is 2.31. The number of phenols is 1. The number of rotatable bonds is 2. The van der Waals surface area contributed by atoms with E-state index in [0.29, 0.717) is 18.0 Å². The van der Waals surface area contributed by atoms with Crippen LogP contribution in [-0.2, 0) is 4.74 Å². The second kappa shape index (κ2) is 4.40. The number of nitrogen functional groups attached to an aromatic ring is 1. The molecule has 1 aliphatic heterocycles. The Labute approximate surface area is 88.6 Å². The van der Waals surface area contributed by atoms with Crippen LogP contribution < -0.4 is 10.5 Å². The summed E-state index contributed by atoms with van der Waals surface area (Å²) in [6.07, 6.45) is 2.02. The lowest BCUT2D eigenvalue weighted by Crippen LogP contribution is -2.28. The molecule has 0 aromatic heterocycles. The highest BCUT2D eigenvalue weighted by Gasteiger charge is 2.17. The number of hydrogen-bond donors (Lipinski definition) is 2. The van der Waals surface area contributed by atoms with Crippen LogP contribution in [0.4, 0.5) is 5.69 Å². The molecule has 15 heavy (non-hydrogen) atoms. The van der Waals surface area contributed by atoms with Crippen LogP contribution in [0.5, 0.6) is 11.5 Å². The summed E-state index contributed by atoms with van der Waals surface area (Å²) in [6, 6.07) is 5.01. The van der Waals surface area contributed by atoms with Crippen LogP contribution in [-0.4, -0.2) is 24.4 Å². The van der Waals surface area contributed by atoms with Crippen LogP contribution >= 0.6 is 0 Å². The predicted octanol–water partition coefficient (Wildman–Crippen LogP) is 1.53. The zero-order chi connectivity index (χ0) is 10.7. The minimum atomic E-state index is 0.0443. The molecule has 1 atom stereocenters. The molecule has 0 aliphatic carbocycles. The maximum Gasteiger partial charge on any atom is 0.146 e. The molecule has 1 aromatic rings. The van der Waals surface area contributed by atoms with Crippen molar-refractivity contribution in [3.8, 4) is 11.5 Å². The van der Waals surface area contributed by atoms with Gasteiger partial charge in [-0.15, -0.1) is 0 Å². The maximum absolute atomic E-state index is 9.39. The van der Waals surface area contributed by atoms with E-state index < -0.39 is 0 Å². The van der Waals surface area contributed by atoms with Gasteiger partial charge >= 0.3 is 0 Å². The van der Waals surface area contributed by atoms with Crippen LogP contribution in [0, 0.1) is 0 Å². The molecular weight excluding hydrogens is 194 g/mol. The second-order valence-electron chi connectivity index (χ2n) is 3.65. The predicted molar refractivity (Wildman–Crippen MR) is 57.0 cm³/mol. The summed E-state index contributed by atoms with van der Waals surface area (Å²) >= 11 is 0. The molecule has 0 bridgehead atoms. The van der Waals surface area contributed by atoms with Crippen molar-refractivity contribution in [1.82, 2.24) is 0 Å². The first-order valence-electron chi connectivity index (χ1n) is 5.09. The highest BCUT2D eigenvalue weighted by atomic mass is 16.5. The van der Waals surface area contributed by atoms with E-state index in [0.717, 1.165) is 19.4 Å². The molecule has 1 unspecified atom stereocenters. The molecule has 1 fully saturated rings. The number of aromatic hydroxyl groups is 1. The lowest BCUT2D eigenvalue weighted by molar-refractivity contribution is 0.00770. The fourth-order valence-electron chi connectivity index (χ4n) is 1.62. The van der Waals surface area contributed by atoms with Gasteiger partial charge in [0.1, 0.15) is 23.3 Å². The van der Waals surface area contributed by atoms with Crippen LogP contribution in [0.3, 0.4) is 0 Å². The van der Waals surface area contributed by atoms with Gasteiger partial charge in [0.25, 0.3) is 0 Å². The quantitative estimate of drug-likeness (QED) is 0.572. The molecule has 1 saturated heterocycles. The number of para-hydroxylation sites is 1. The summed E-state index contributed by atoms with van der Waals surface area (Å²) < 4.78 is 11.0. The Morgan fingerprint density at radius 2 is 2.33 bits per heavy atom. The summed E-state index contributed by atoms with van der Waals surface area (Å²) in [5, 5.41) is 9.39. The van der Waals surface area contributed by atoms with Gasteiger partial charge < -0.3 is 20.3 Å². The smallest absolute Gasteiger partial charge is 0.146 e. The molecule has 0 saturated carbocycles. The first-order valence-corrected chi connectivity index (χ1v) is 5.09. The van der Waals surface area contributed by atoms with Crippen LogP contribution in [0.1, 0.15) is 12.8 Å². The lowest BCUT2D eigenvalue weighted by Gasteiger charge is -2.24. The highest BCUT2D eigenvalue weighted by molar-refractivity contribution is 5.61. The summed E-state index contributed by atoms with van der Waals surface area (Å²) in [5.74, 6) is 0.592. The van der Waals surface area contributed by atoms with Gasteiger partial charge in [0.05, 0.1) is 6.61 Å². The van der Waals surface area contributed by atoms with Gasteiger partial charge in [-0.25, -0.2) is 0 Å². The third-order valence-electron chi connectivity index (χ3n) is 2.46. The van der Waals surface area contributed by atoms with Crippen molar-refractivity contribution in [3.05, 3.63) is 18.2 Å². The first-order chi connectivity index (χ1) is 7.27. The molecule has 82 valence electrons. The summed E-state index contributed by atoms with van der Waals surface area (Å²) in [4.78, 5) is 0. The molecule has 1 heterocycles. The Hall–Kier alpha value is -1.42. The van der Waals surface area contributed by atoms with Gasteiger partial charge in [-0.2, -0.15) is 0 Å². The summed E-state index contributed by atoms with van der Waals surface area (Å²) in [6.45, 7) is 1.39. The Balaban J connectivity index is 2.06. The van der Waals surface area contributed by atoms with E-state index in [1.54, 1.807) is 18.2 Å². The van der Waals surface area contributed by atoms with Crippen LogP contribution in [0.2, 0.25) is 0 Å². The molecular formula is C11H15NO3. The second-order valence-corrected chi connectivity index (χ2v) is 3.65. The molecule has 2 rings (SSSR count). The molecule has 0 amide bonds. The number of hydrogen-bond acceptors (Lipinski definition) is 4. The van der Waals surface area contributed by atoms with Crippen molar-refractivity contribution >= 4 is 5.69 Å². The fourth-order valence-corrected chi connectivity index (χ4v) is 1.62. The number of ether oxygens (including phenoxy) is 2. The third kappa shape index (κ3) is 2.33. The number of benzene rings is 1. The first kappa shape index (κ1) is 10.1. The van der Waals surface area contributed by atoms with Crippen LogP contribution in [0.25, 0.3) is 0 Å². The van der Waals surface area contributed by atoms with Crippen molar-refractivity contribution in [1.29, 1.82) is 0 Å². The van der Waals surface area contributed by atoms with Crippen molar-refractivity contribution in [2.45, 2.75) is 18.9 Å². The van der Waals surface area contributed by atoms with E-state index in [4.69, 9.17) is 15.2 Å². The minimum absolute atomic E-state index is 0.0443. The lowest BCUT2D eigenvalue weighted by atomic mass is 10.2. The normalized spacial score (nSPS) is 21.2. The fraction of sp³-hybridized carbons (Fsp3) is 0.455. The van der Waals surface area contributed by atoms with Crippen molar-refractivity contribution < 1.29 is 14.6 Å². The Morgan fingerprint density at radius 3 is 3.07 bits per heavy atom. The third-order valence-corrected chi connectivity index (χ3v) is 2.46. The molecule has 1 aliphatic rings.